The molecule has 0 spiro atoms. The van der Waals surface area contributed by atoms with Crippen LogP contribution in [0.15, 0.2) is 48.8 Å². The maximum Gasteiger partial charge on any atom is 0.275 e. The van der Waals surface area contributed by atoms with Crippen LogP contribution in [-0.2, 0) is 0 Å². The fraction of sp³-hybridized carbons (Fsp3) is 0.176. The van der Waals surface area contributed by atoms with E-state index in [4.69, 9.17) is 0 Å². The molecule has 1 N–H and O–H groups in total. The molecule has 0 unspecified atom stereocenters. The Morgan fingerprint density at radius 2 is 2.00 bits per heavy atom. The number of hydrogen-bond donors (Lipinski definition) is 1. The van der Waals surface area contributed by atoms with Crippen LogP contribution in [0.5, 0.6) is 0 Å². The first-order valence-electron chi connectivity index (χ1n) is 7.07. The summed E-state index contributed by atoms with van der Waals surface area (Å²) in [5.74, 6) is -0.208. The van der Waals surface area contributed by atoms with Crippen molar-refractivity contribution in [3.05, 3.63) is 60.0 Å². The molecule has 2 aromatic heterocycles. The average molecular weight is 294 g/mol. The van der Waals surface area contributed by atoms with Gasteiger partial charge in [-0.2, -0.15) is 0 Å². The standard InChI is InChI=1S/C17H18N4O/c1-12-5-4-6-13(9-12)18-17(22)15-11-21-10-14(20(2)3)7-8-16(21)19-15/h4-11H,1-3H3,(H,18,22). The number of hydrogen-bond acceptors (Lipinski definition) is 3. The molecule has 0 aliphatic rings. The van der Waals surface area contributed by atoms with Crippen LogP contribution in [0.25, 0.3) is 5.65 Å². The molecule has 1 amide bonds. The zero-order chi connectivity index (χ0) is 15.7. The van der Waals surface area contributed by atoms with Gasteiger partial charge in [-0.1, -0.05) is 12.1 Å². The molecule has 0 bridgehead atoms. The van der Waals surface area contributed by atoms with Gasteiger partial charge in [0.25, 0.3) is 5.91 Å². The molecule has 5 heteroatoms. The molecule has 3 rings (SSSR count). The lowest BCUT2D eigenvalue weighted by atomic mass is 10.2. The quantitative estimate of drug-likeness (QED) is 0.808. The number of fused-ring (bicyclic) bond motifs is 1. The highest BCUT2D eigenvalue weighted by Gasteiger charge is 2.11. The minimum absolute atomic E-state index is 0.208. The van der Waals surface area contributed by atoms with Crippen LogP contribution in [0.3, 0.4) is 0 Å². The first kappa shape index (κ1) is 14.1. The SMILES string of the molecule is Cc1cccc(NC(=O)c2cn3cc(N(C)C)ccc3n2)c1. The van der Waals surface area contributed by atoms with Gasteiger partial charge in [-0.15, -0.1) is 0 Å². The zero-order valence-electron chi connectivity index (χ0n) is 12.9. The summed E-state index contributed by atoms with van der Waals surface area (Å²) in [6, 6.07) is 11.6. The van der Waals surface area contributed by atoms with Crippen molar-refractivity contribution in [1.29, 1.82) is 0 Å². The number of imidazole rings is 1. The monoisotopic (exact) mass is 294 g/mol. The van der Waals surface area contributed by atoms with Crippen LogP contribution in [0.2, 0.25) is 0 Å². The van der Waals surface area contributed by atoms with Crippen molar-refractivity contribution < 1.29 is 4.79 Å². The number of anilines is 2. The molecular formula is C17H18N4O. The second-order valence-corrected chi connectivity index (χ2v) is 5.50. The van der Waals surface area contributed by atoms with Crippen LogP contribution in [0, 0.1) is 6.92 Å². The van der Waals surface area contributed by atoms with E-state index in [1.807, 2.05) is 72.9 Å². The molecule has 5 nitrogen and oxygen atoms in total. The Hall–Kier alpha value is -2.82. The van der Waals surface area contributed by atoms with E-state index in [0.717, 1.165) is 22.6 Å². The van der Waals surface area contributed by atoms with Gasteiger partial charge in [0.15, 0.2) is 0 Å². The second-order valence-electron chi connectivity index (χ2n) is 5.50. The van der Waals surface area contributed by atoms with Crippen LogP contribution in [0.1, 0.15) is 16.1 Å². The summed E-state index contributed by atoms with van der Waals surface area (Å²) in [5.41, 5.74) is 4.08. The molecule has 22 heavy (non-hydrogen) atoms. The van der Waals surface area contributed by atoms with E-state index in [0.29, 0.717) is 5.69 Å². The molecule has 112 valence electrons. The molecule has 2 heterocycles. The number of benzene rings is 1. The van der Waals surface area contributed by atoms with E-state index in [9.17, 15) is 4.79 Å². The number of carbonyl (C=O) groups excluding carboxylic acids is 1. The van der Waals surface area contributed by atoms with E-state index in [1.165, 1.54) is 0 Å². The molecule has 0 atom stereocenters. The van der Waals surface area contributed by atoms with Crippen molar-refractivity contribution in [1.82, 2.24) is 9.38 Å². The summed E-state index contributed by atoms with van der Waals surface area (Å²) in [6.45, 7) is 1.99. The smallest absolute Gasteiger partial charge is 0.275 e. The van der Waals surface area contributed by atoms with Gasteiger partial charge in [-0.05, 0) is 36.8 Å². The first-order valence-corrected chi connectivity index (χ1v) is 7.07. The van der Waals surface area contributed by atoms with E-state index < -0.39 is 0 Å². The number of nitrogens with zero attached hydrogens (tertiary/aromatic N) is 3. The predicted molar refractivity (Wildman–Crippen MR) is 88.7 cm³/mol. The zero-order valence-corrected chi connectivity index (χ0v) is 12.9. The predicted octanol–water partition coefficient (Wildman–Crippen LogP) is 2.96. The molecule has 0 radical (unpaired) electrons. The van der Waals surface area contributed by atoms with Gasteiger partial charge < -0.3 is 14.6 Å². The van der Waals surface area contributed by atoms with E-state index in [1.54, 1.807) is 6.20 Å². The van der Waals surface area contributed by atoms with Crippen molar-refractivity contribution in [3.8, 4) is 0 Å². The van der Waals surface area contributed by atoms with E-state index >= 15 is 0 Å². The van der Waals surface area contributed by atoms with Crippen molar-refractivity contribution in [2.24, 2.45) is 0 Å². The van der Waals surface area contributed by atoms with Crippen LogP contribution in [0.4, 0.5) is 11.4 Å². The number of amides is 1. The summed E-state index contributed by atoms with van der Waals surface area (Å²) >= 11 is 0. The maximum atomic E-state index is 12.3. The lowest BCUT2D eigenvalue weighted by molar-refractivity contribution is 0.102. The lowest BCUT2D eigenvalue weighted by Crippen LogP contribution is -2.12. The van der Waals surface area contributed by atoms with Gasteiger partial charge in [-0.3, -0.25) is 4.79 Å². The normalized spacial score (nSPS) is 10.7. The summed E-state index contributed by atoms with van der Waals surface area (Å²) in [4.78, 5) is 18.7. The van der Waals surface area contributed by atoms with Gasteiger partial charge in [-0.25, -0.2) is 4.98 Å². The summed E-state index contributed by atoms with van der Waals surface area (Å²) < 4.78 is 1.86. The van der Waals surface area contributed by atoms with Crippen molar-refractivity contribution in [2.75, 3.05) is 24.3 Å². The van der Waals surface area contributed by atoms with Crippen molar-refractivity contribution in [3.63, 3.8) is 0 Å². The van der Waals surface area contributed by atoms with Crippen molar-refractivity contribution in [2.45, 2.75) is 6.92 Å². The number of rotatable bonds is 3. The summed E-state index contributed by atoms with van der Waals surface area (Å²) in [7, 11) is 3.95. The third-order valence-corrected chi connectivity index (χ3v) is 3.46. The third-order valence-electron chi connectivity index (χ3n) is 3.46. The minimum atomic E-state index is -0.208. The number of pyridine rings is 1. The Bertz CT molecular complexity index is 836. The Kier molecular flexibility index (Phi) is 3.55. The van der Waals surface area contributed by atoms with Crippen molar-refractivity contribution >= 4 is 22.9 Å². The molecule has 0 aliphatic heterocycles. The maximum absolute atomic E-state index is 12.3. The van der Waals surface area contributed by atoms with Crippen LogP contribution >= 0.6 is 0 Å². The highest BCUT2D eigenvalue weighted by Crippen LogP contribution is 2.15. The third kappa shape index (κ3) is 2.79. The minimum Gasteiger partial charge on any atom is -0.376 e. The second kappa shape index (κ2) is 5.52. The lowest BCUT2D eigenvalue weighted by Gasteiger charge is -2.11. The van der Waals surface area contributed by atoms with Gasteiger partial charge in [0.05, 0.1) is 5.69 Å². The number of carbonyl (C=O) groups is 1. The highest BCUT2D eigenvalue weighted by molar-refractivity contribution is 6.03. The molecular weight excluding hydrogens is 276 g/mol. The molecule has 3 aromatic rings. The highest BCUT2D eigenvalue weighted by atomic mass is 16.1. The van der Waals surface area contributed by atoms with Gasteiger partial charge in [0.2, 0.25) is 0 Å². The van der Waals surface area contributed by atoms with Crippen LogP contribution < -0.4 is 10.2 Å². The fourth-order valence-electron chi connectivity index (χ4n) is 2.27. The molecule has 0 aliphatic carbocycles. The number of nitrogens with one attached hydrogen (secondary N) is 1. The Morgan fingerprint density at radius 1 is 1.18 bits per heavy atom. The first-order chi connectivity index (χ1) is 10.5. The topological polar surface area (TPSA) is 49.6 Å². The summed E-state index contributed by atoms with van der Waals surface area (Å²) in [5, 5.41) is 2.87. The van der Waals surface area contributed by atoms with Gasteiger partial charge >= 0.3 is 0 Å². The molecule has 1 aromatic carbocycles. The van der Waals surface area contributed by atoms with E-state index in [-0.39, 0.29) is 5.91 Å². The number of aromatic nitrogens is 2. The molecule has 0 saturated heterocycles. The average Bonchev–Trinajstić information content (AvgIpc) is 2.90. The number of aryl methyl sites for hydroxylation is 1. The molecule has 0 saturated carbocycles. The molecule has 0 fully saturated rings. The summed E-state index contributed by atoms with van der Waals surface area (Å²) in [6.07, 6.45) is 3.69. The van der Waals surface area contributed by atoms with Gasteiger partial charge in [0, 0.05) is 32.2 Å². The van der Waals surface area contributed by atoms with Gasteiger partial charge in [0.1, 0.15) is 11.3 Å². The Morgan fingerprint density at radius 3 is 2.73 bits per heavy atom. The van der Waals surface area contributed by atoms with E-state index in [2.05, 4.69) is 10.3 Å². The largest absolute Gasteiger partial charge is 0.376 e. The fourth-order valence-corrected chi connectivity index (χ4v) is 2.27. The van der Waals surface area contributed by atoms with Crippen LogP contribution in [-0.4, -0.2) is 29.4 Å². The Labute approximate surface area is 129 Å². The Balaban J connectivity index is 1.88.